The minimum Gasteiger partial charge on any atom is -0.508 e. The highest BCUT2D eigenvalue weighted by Gasteiger charge is 2.49. The zero-order valence-electron chi connectivity index (χ0n) is 13.4. The van der Waals surface area contributed by atoms with Crippen LogP contribution in [-0.2, 0) is 23.1 Å². The number of ketones is 1. The molecule has 1 aromatic rings. The minimum absolute atomic E-state index is 0.00551. The highest BCUT2D eigenvalue weighted by Crippen LogP contribution is 2.52. The Balaban J connectivity index is 1.71. The van der Waals surface area contributed by atoms with E-state index in [1.165, 1.54) is 35.1 Å². The molecule has 0 spiro atoms. The summed E-state index contributed by atoms with van der Waals surface area (Å²) in [6.07, 6.45) is 9.25. The number of phenolic OH excluding ortho intramolecular Hbond substituents is 1. The van der Waals surface area contributed by atoms with Gasteiger partial charge in [0.05, 0.1) is 0 Å². The number of rotatable bonds is 2. The van der Waals surface area contributed by atoms with Crippen molar-refractivity contribution < 1.29 is 9.90 Å². The molecule has 1 heterocycles. The lowest BCUT2D eigenvalue weighted by Crippen LogP contribution is -2.54. The fourth-order valence-electron chi connectivity index (χ4n) is 5.15. The first-order valence-corrected chi connectivity index (χ1v) is 8.99. The van der Waals surface area contributed by atoms with E-state index in [9.17, 15) is 9.90 Å². The Morgan fingerprint density at radius 2 is 2.13 bits per heavy atom. The number of nitrogens with one attached hydrogen (secondary N) is 1. The number of benzene rings is 1. The van der Waals surface area contributed by atoms with Gasteiger partial charge in [-0.25, -0.2) is 0 Å². The van der Waals surface area contributed by atoms with Gasteiger partial charge in [0, 0.05) is 17.9 Å². The Labute approximate surface area is 136 Å². The van der Waals surface area contributed by atoms with Gasteiger partial charge in [-0.15, -0.1) is 0 Å². The van der Waals surface area contributed by atoms with Gasteiger partial charge < -0.3 is 10.4 Å². The molecule has 3 nitrogen and oxygen atoms in total. The number of hydrogen-bond donors (Lipinski definition) is 2. The summed E-state index contributed by atoms with van der Waals surface area (Å²) in [7, 11) is 0. The van der Waals surface area contributed by atoms with Crippen LogP contribution in [0.2, 0.25) is 0 Å². The van der Waals surface area contributed by atoms with E-state index in [0.717, 1.165) is 38.1 Å². The van der Waals surface area contributed by atoms with E-state index in [1.807, 2.05) is 18.2 Å². The summed E-state index contributed by atoms with van der Waals surface area (Å²) in [5.41, 5.74) is 5.42. The van der Waals surface area contributed by atoms with Crippen LogP contribution in [0.25, 0.3) is 0 Å². The summed E-state index contributed by atoms with van der Waals surface area (Å²) in [6, 6.07) is 4.30. The maximum Gasteiger partial charge on any atom is 0.155 e. The van der Waals surface area contributed by atoms with Gasteiger partial charge in [0.1, 0.15) is 5.75 Å². The lowest BCUT2D eigenvalue weighted by molar-refractivity contribution is -0.115. The van der Waals surface area contributed by atoms with Crippen LogP contribution >= 0.6 is 0 Å². The summed E-state index contributed by atoms with van der Waals surface area (Å²) in [5.74, 6) is 1.49. The Morgan fingerprint density at radius 3 is 2.96 bits per heavy atom. The standard InChI is InChI=1S/C20H23NO2/c22-14-3-4-20-5-6-21-19(18(20)9-14)11-16-13(7-12-1-2-12)8-15(23)10-17(16)20/h8-10,12,19,21,23H,1-7,11H2. The maximum absolute atomic E-state index is 12.0. The summed E-state index contributed by atoms with van der Waals surface area (Å²) >= 11 is 0. The van der Waals surface area contributed by atoms with E-state index in [1.54, 1.807) is 0 Å². The second-order valence-corrected chi connectivity index (χ2v) is 7.89. The maximum atomic E-state index is 12.0. The van der Waals surface area contributed by atoms with Crippen molar-refractivity contribution in [3.8, 4) is 5.75 Å². The number of allylic oxidation sites excluding steroid dienone is 1. The first-order chi connectivity index (χ1) is 11.2. The third kappa shape index (κ3) is 2.02. The number of fused-ring (bicyclic) bond motifs is 1. The Kier molecular flexibility index (Phi) is 2.82. The number of carbonyl (C=O) groups excluding carboxylic acids is 1. The predicted octanol–water partition coefficient (Wildman–Crippen LogP) is 2.79. The van der Waals surface area contributed by atoms with E-state index < -0.39 is 0 Å². The summed E-state index contributed by atoms with van der Waals surface area (Å²) in [4.78, 5) is 12.0. The van der Waals surface area contributed by atoms with Crippen molar-refractivity contribution in [1.29, 1.82) is 0 Å². The zero-order valence-corrected chi connectivity index (χ0v) is 13.4. The molecule has 2 atom stereocenters. The predicted molar refractivity (Wildman–Crippen MR) is 88.6 cm³/mol. The molecule has 2 fully saturated rings. The van der Waals surface area contributed by atoms with Crippen LogP contribution in [0.4, 0.5) is 0 Å². The van der Waals surface area contributed by atoms with Gasteiger partial charge in [-0.1, -0.05) is 0 Å². The molecule has 4 aliphatic rings. The van der Waals surface area contributed by atoms with Crippen LogP contribution in [0.15, 0.2) is 23.8 Å². The van der Waals surface area contributed by atoms with E-state index in [4.69, 9.17) is 0 Å². The molecule has 1 saturated heterocycles. The molecule has 1 aromatic carbocycles. The molecule has 0 radical (unpaired) electrons. The molecule has 1 saturated carbocycles. The van der Waals surface area contributed by atoms with Gasteiger partial charge in [0.15, 0.2) is 5.78 Å². The van der Waals surface area contributed by atoms with Crippen LogP contribution in [0.1, 0.15) is 48.8 Å². The van der Waals surface area contributed by atoms with Crippen LogP contribution in [0.5, 0.6) is 5.75 Å². The third-order valence-corrected chi connectivity index (χ3v) is 6.44. The fraction of sp³-hybridized carbons (Fsp3) is 0.550. The molecule has 2 N–H and O–H groups in total. The molecule has 2 unspecified atom stereocenters. The molecule has 5 rings (SSSR count). The lowest BCUT2D eigenvalue weighted by atomic mass is 9.56. The van der Waals surface area contributed by atoms with Crippen molar-refractivity contribution in [2.45, 2.75) is 56.4 Å². The van der Waals surface area contributed by atoms with E-state index in [-0.39, 0.29) is 11.2 Å². The van der Waals surface area contributed by atoms with Crippen LogP contribution in [-0.4, -0.2) is 23.5 Å². The van der Waals surface area contributed by atoms with Crippen molar-refractivity contribution >= 4 is 5.78 Å². The fourth-order valence-corrected chi connectivity index (χ4v) is 5.15. The normalized spacial score (nSPS) is 32.1. The van der Waals surface area contributed by atoms with Crippen molar-refractivity contribution in [1.82, 2.24) is 5.32 Å². The number of aromatic hydroxyl groups is 1. The first kappa shape index (κ1) is 13.8. The molecular weight excluding hydrogens is 286 g/mol. The lowest BCUT2D eigenvalue weighted by Gasteiger charge is -2.51. The highest BCUT2D eigenvalue weighted by atomic mass is 16.3. The zero-order chi connectivity index (χ0) is 15.6. The van der Waals surface area contributed by atoms with Gasteiger partial charge in [0.2, 0.25) is 0 Å². The molecule has 3 heteroatoms. The largest absolute Gasteiger partial charge is 0.508 e. The molecule has 0 aromatic heterocycles. The van der Waals surface area contributed by atoms with Gasteiger partial charge in [-0.2, -0.15) is 0 Å². The van der Waals surface area contributed by atoms with E-state index >= 15 is 0 Å². The van der Waals surface area contributed by atoms with E-state index in [0.29, 0.717) is 18.2 Å². The monoisotopic (exact) mass is 309 g/mol. The van der Waals surface area contributed by atoms with Crippen LogP contribution < -0.4 is 5.32 Å². The smallest absolute Gasteiger partial charge is 0.155 e. The number of piperidine rings is 1. The van der Waals surface area contributed by atoms with Gasteiger partial charge in [-0.05, 0) is 91.5 Å². The number of carbonyl (C=O) groups is 1. The Bertz CT molecular complexity index is 731. The highest BCUT2D eigenvalue weighted by molar-refractivity contribution is 5.92. The Morgan fingerprint density at radius 1 is 1.26 bits per heavy atom. The summed E-state index contributed by atoms with van der Waals surface area (Å²) < 4.78 is 0. The molecule has 3 aliphatic carbocycles. The summed E-state index contributed by atoms with van der Waals surface area (Å²) in [5, 5.41) is 14.0. The molecular formula is C20H23NO2. The van der Waals surface area contributed by atoms with Gasteiger partial charge >= 0.3 is 0 Å². The van der Waals surface area contributed by atoms with Crippen molar-refractivity contribution in [3.05, 3.63) is 40.5 Å². The minimum atomic E-state index is -0.00551. The topological polar surface area (TPSA) is 49.3 Å². The first-order valence-electron chi connectivity index (χ1n) is 8.99. The number of hydrogen-bond acceptors (Lipinski definition) is 3. The molecule has 1 aliphatic heterocycles. The van der Waals surface area contributed by atoms with Gasteiger partial charge in [-0.3, -0.25) is 4.79 Å². The van der Waals surface area contributed by atoms with Crippen molar-refractivity contribution in [2.75, 3.05) is 6.54 Å². The number of phenols is 1. The molecule has 0 amide bonds. The third-order valence-electron chi connectivity index (χ3n) is 6.44. The quantitative estimate of drug-likeness (QED) is 0.883. The second-order valence-electron chi connectivity index (χ2n) is 7.89. The Hall–Kier alpha value is -1.61. The van der Waals surface area contributed by atoms with Gasteiger partial charge in [0.25, 0.3) is 0 Å². The second kappa shape index (κ2) is 4.70. The van der Waals surface area contributed by atoms with Crippen molar-refractivity contribution in [2.24, 2.45) is 5.92 Å². The molecule has 2 bridgehead atoms. The van der Waals surface area contributed by atoms with Crippen LogP contribution in [0, 0.1) is 5.92 Å². The summed E-state index contributed by atoms with van der Waals surface area (Å²) in [6.45, 7) is 1.00. The van der Waals surface area contributed by atoms with Crippen LogP contribution in [0.3, 0.4) is 0 Å². The molecule has 120 valence electrons. The molecule has 23 heavy (non-hydrogen) atoms. The van der Waals surface area contributed by atoms with Crippen molar-refractivity contribution in [3.63, 3.8) is 0 Å². The van der Waals surface area contributed by atoms with E-state index in [2.05, 4.69) is 5.32 Å². The average molecular weight is 309 g/mol. The average Bonchev–Trinajstić information content (AvgIpc) is 3.32. The SMILES string of the molecule is O=C1C=C2C3Cc4c(CC5CC5)cc(O)cc4C2(CCN3)CC1.